The van der Waals surface area contributed by atoms with Crippen LogP contribution in [0.15, 0.2) is 0 Å². The van der Waals surface area contributed by atoms with Gasteiger partial charge in [-0.25, -0.2) is 0 Å². The Balaban J connectivity index is 3.90. The average Bonchev–Trinajstić information content (AvgIpc) is 2.00. The van der Waals surface area contributed by atoms with E-state index in [1.807, 2.05) is 0 Å². The van der Waals surface area contributed by atoms with Crippen LogP contribution in [0.3, 0.4) is 0 Å². The molecule has 0 saturated carbocycles. The van der Waals surface area contributed by atoms with Crippen molar-refractivity contribution in [2.45, 2.75) is 44.9 Å². The van der Waals surface area contributed by atoms with Crippen LogP contribution in [0.25, 0.3) is 0 Å². The Kier molecular flexibility index (Phi) is 5.54. The number of hydrogen-bond donors (Lipinski definition) is 0. The van der Waals surface area contributed by atoms with Gasteiger partial charge in [0.15, 0.2) is 0 Å². The molecule has 0 nitrogen and oxygen atoms in total. The zero-order valence-electron chi connectivity index (χ0n) is 7.77. The van der Waals surface area contributed by atoms with Crippen LogP contribution in [0.1, 0.15) is 34.1 Å². The van der Waals surface area contributed by atoms with Gasteiger partial charge in [-0.3, -0.25) is 0 Å². The van der Waals surface area contributed by atoms with Gasteiger partial charge in [0.25, 0.3) is 0 Å². The SMILES string of the molecule is CCC(Cl)C(C)C(Cl)C(C)C. The van der Waals surface area contributed by atoms with Crippen molar-refractivity contribution in [3.63, 3.8) is 0 Å². The molecule has 0 aliphatic heterocycles. The fraction of sp³-hybridized carbons (Fsp3) is 1.00. The van der Waals surface area contributed by atoms with E-state index in [0.29, 0.717) is 11.8 Å². The fourth-order valence-electron chi connectivity index (χ4n) is 1.18. The van der Waals surface area contributed by atoms with Crippen molar-refractivity contribution in [1.29, 1.82) is 0 Å². The first kappa shape index (κ1) is 11.6. The van der Waals surface area contributed by atoms with Crippen LogP contribution in [0.2, 0.25) is 0 Å². The maximum atomic E-state index is 6.16. The van der Waals surface area contributed by atoms with Crippen LogP contribution in [-0.2, 0) is 0 Å². The lowest BCUT2D eigenvalue weighted by Gasteiger charge is -2.24. The first-order valence-electron chi connectivity index (χ1n) is 4.28. The predicted molar refractivity (Wildman–Crippen MR) is 53.6 cm³/mol. The summed E-state index contributed by atoms with van der Waals surface area (Å²) >= 11 is 12.2. The molecule has 0 aliphatic rings. The molecule has 0 aromatic carbocycles. The van der Waals surface area contributed by atoms with Gasteiger partial charge in [0, 0.05) is 10.8 Å². The Bertz CT molecular complexity index is 102. The molecule has 0 heterocycles. The molecular weight excluding hydrogens is 179 g/mol. The van der Waals surface area contributed by atoms with E-state index in [1.54, 1.807) is 0 Å². The van der Waals surface area contributed by atoms with Gasteiger partial charge in [-0.15, -0.1) is 23.2 Å². The molecule has 0 rings (SSSR count). The Hall–Kier alpha value is 0.580. The second-order valence-electron chi connectivity index (χ2n) is 3.47. The standard InChI is InChI=1S/C9H18Cl2/c1-5-8(10)7(4)9(11)6(2)3/h6-9H,5H2,1-4H3. The summed E-state index contributed by atoms with van der Waals surface area (Å²) in [7, 11) is 0. The molecular formula is C9H18Cl2. The molecule has 0 bridgehead atoms. The summed E-state index contributed by atoms with van der Waals surface area (Å²) in [6, 6.07) is 0. The minimum absolute atomic E-state index is 0.206. The molecule has 0 N–H and O–H groups in total. The van der Waals surface area contributed by atoms with Crippen LogP contribution < -0.4 is 0 Å². The van der Waals surface area contributed by atoms with E-state index < -0.39 is 0 Å². The van der Waals surface area contributed by atoms with E-state index in [4.69, 9.17) is 23.2 Å². The van der Waals surface area contributed by atoms with Crippen molar-refractivity contribution in [2.24, 2.45) is 11.8 Å². The maximum Gasteiger partial charge on any atom is 0.0398 e. The van der Waals surface area contributed by atoms with E-state index >= 15 is 0 Å². The van der Waals surface area contributed by atoms with Crippen LogP contribution in [-0.4, -0.2) is 10.8 Å². The van der Waals surface area contributed by atoms with Crippen molar-refractivity contribution in [3.05, 3.63) is 0 Å². The second-order valence-corrected chi connectivity index (χ2v) is 4.54. The summed E-state index contributed by atoms with van der Waals surface area (Å²) in [6.07, 6.45) is 0.999. The van der Waals surface area contributed by atoms with E-state index in [9.17, 15) is 0 Å². The first-order valence-corrected chi connectivity index (χ1v) is 5.16. The molecule has 0 aromatic heterocycles. The van der Waals surface area contributed by atoms with Crippen LogP contribution >= 0.6 is 23.2 Å². The number of rotatable bonds is 4. The van der Waals surface area contributed by atoms with Gasteiger partial charge in [-0.05, 0) is 18.3 Å². The quantitative estimate of drug-likeness (QED) is 0.599. The third kappa shape index (κ3) is 3.66. The highest BCUT2D eigenvalue weighted by atomic mass is 35.5. The third-order valence-corrected chi connectivity index (χ3v) is 3.71. The van der Waals surface area contributed by atoms with Crippen LogP contribution in [0, 0.1) is 11.8 Å². The highest BCUT2D eigenvalue weighted by Gasteiger charge is 2.23. The minimum atomic E-state index is 0.206. The van der Waals surface area contributed by atoms with Crippen molar-refractivity contribution in [3.8, 4) is 0 Å². The summed E-state index contributed by atoms with van der Waals surface area (Å²) < 4.78 is 0. The third-order valence-electron chi connectivity index (χ3n) is 2.10. The largest absolute Gasteiger partial charge is 0.123 e. The van der Waals surface area contributed by atoms with Crippen LogP contribution in [0.4, 0.5) is 0 Å². The molecule has 0 fully saturated rings. The second kappa shape index (κ2) is 5.27. The van der Waals surface area contributed by atoms with E-state index in [0.717, 1.165) is 6.42 Å². The predicted octanol–water partition coefficient (Wildman–Crippen LogP) is 3.90. The van der Waals surface area contributed by atoms with E-state index in [1.165, 1.54) is 0 Å². The van der Waals surface area contributed by atoms with Gasteiger partial charge < -0.3 is 0 Å². The fourth-order valence-corrected chi connectivity index (χ4v) is 1.59. The number of halogens is 2. The van der Waals surface area contributed by atoms with Gasteiger partial charge in [0.1, 0.15) is 0 Å². The molecule has 0 saturated heterocycles. The van der Waals surface area contributed by atoms with Gasteiger partial charge in [-0.1, -0.05) is 27.7 Å². The van der Waals surface area contributed by atoms with Crippen molar-refractivity contribution >= 4 is 23.2 Å². The molecule has 2 heteroatoms. The van der Waals surface area contributed by atoms with Gasteiger partial charge in [0.05, 0.1) is 0 Å². The van der Waals surface area contributed by atoms with Crippen molar-refractivity contribution in [2.75, 3.05) is 0 Å². The summed E-state index contributed by atoms with van der Waals surface area (Å²) in [5.74, 6) is 0.919. The topological polar surface area (TPSA) is 0 Å². The molecule has 0 aromatic rings. The zero-order chi connectivity index (χ0) is 9.02. The summed E-state index contributed by atoms with van der Waals surface area (Å²) in [6.45, 7) is 8.48. The lowest BCUT2D eigenvalue weighted by molar-refractivity contribution is 0.426. The Morgan fingerprint density at radius 1 is 1.09 bits per heavy atom. The molecule has 0 aliphatic carbocycles. The Morgan fingerprint density at radius 2 is 1.55 bits per heavy atom. The van der Waals surface area contributed by atoms with Gasteiger partial charge in [-0.2, -0.15) is 0 Å². The number of hydrogen-bond acceptors (Lipinski definition) is 0. The van der Waals surface area contributed by atoms with E-state index in [-0.39, 0.29) is 10.8 Å². The lowest BCUT2D eigenvalue weighted by Crippen LogP contribution is -2.25. The van der Waals surface area contributed by atoms with Gasteiger partial charge in [0.2, 0.25) is 0 Å². The Morgan fingerprint density at radius 3 is 1.82 bits per heavy atom. The normalized spacial score (nSPS) is 19.9. The number of alkyl halides is 2. The van der Waals surface area contributed by atoms with Crippen molar-refractivity contribution in [1.82, 2.24) is 0 Å². The summed E-state index contributed by atoms with van der Waals surface area (Å²) in [4.78, 5) is 0. The smallest absolute Gasteiger partial charge is 0.0398 e. The highest BCUT2D eigenvalue weighted by molar-refractivity contribution is 6.24. The summed E-state index contributed by atoms with van der Waals surface area (Å²) in [5.41, 5.74) is 0. The maximum absolute atomic E-state index is 6.16. The van der Waals surface area contributed by atoms with Crippen LogP contribution in [0.5, 0.6) is 0 Å². The molecule has 3 atom stereocenters. The first-order chi connectivity index (χ1) is 5.00. The van der Waals surface area contributed by atoms with Gasteiger partial charge >= 0.3 is 0 Å². The molecule has 68 valence electrons. The molecule has 0 spiro atoms. The average molecular weight is 197 g/mol. The Labute approximate surface area is 80.3 Å². The molecule has 0 amide bonds. The minimum Gasteiger partial charge on any atom is -0.123 e. The molecule has 0 radical (unpaired) electrons. The highest BCUT2D eigenvalue weighted by Crippen LogP contribution is 2.26. The monoisotopic (exact) mass is 196 g/mol. The van der Waals surface area contributed by atoms with E-state index in [2.05, 4.69) is 27.7 Å². The zero-order valence-corrected chi connectivity index (χ0v) is 9.28. The summed E-state index contributed by atoms with van der Waals surface area (Å²) in [5, 5.41) is 0.428. The molecule has 11 heavy (non-hydrogen) atoms. The molecule has 3 unspecified atom stereocenters. The van der Waals surface area contributed by atoms with Crippen molar-refractivity contribution < 1.29 is 0 Å². The lowest BCUT2D eigenvalue weighted by atomic mass is 9.94.